The molecular formula is C28H30N4O5S. The van der Waals surface area contributed by atoms with Gasteiger partial charge in [-0.15, -0.1) is 0 Å². The van der Waals surface area contributed by atoms with Gasteiger partial charge < -0.3 is 14.8 Å². The standard InChI is InChI=1S/C28H30N4O5S/c1-5-18-6-8-19(9-7-18)24-15-22(28(33)30-23-11-10-21(36-3)14-25(23)37-4)26-17(2)31-32(27(26)29-24)20-12-13-38(34,35)16-20/h6-11,14-15,20H,5,12-13,16H2,1-4H3,(H,30,33). The second-order valence-electron chi connectivity index (χ2n) is 9.41. The molecule has 0 saturated carbocycles. The highest BCUT2D eigenvalue weighted by atomic mass is 32.2. The monoisotopic (exact) mass is 534 g/mol. The van der Waals surface area contributed by atoms with Crippen molar-refractivity contribution in [3.8, 4) is 22.8 Å². The lowest BCUT2D eigenvalue weighted by atomic mass is 10.0. The van der Waals surface area contributed by atoms with Gasteiger partial charge in [-0.25, -0.2) is 18.1 Å². The van der Waals surface area contributed by atoms with Gasteiger partial charge in [-0.1, -0.05) is 31.2 Å². The number of anilines is 1. The fraction of sp³-hybridized carbons (Fsp3) is 0.321. The summed E-state index contributed by atoms with van der Waals surface area (Å²) in [5, 5.41) is 8.22. The molecule has 0 bridgehead atoms. The van der Waals surface area contributed by atoms with Crippen molar-refractivity contribution in [2.45, 2.75) is 32.7 Å². The topological polar surface area (TPSA) is 112 Å². The Morgan fingerprint density at radius 2 is 1.87 bits per heavy atom. The Morgan fingerprint density at radius 3 is 2.50 bits per heavy atom. The number of fused-ring (bicyclic) bond motifs is 1. The van der Waals surface area contributed by atoms with Gasteiger partial charge in [0.05, 0.1) is 59.8 Å². The van der Waals surface area contributed by atoms with Crippen LogP contribution in [0, 0.1) is 6.92 Å². The van der Waals surface area contributed by atoms with Gasteiger partial charge in [-0.2, -0.15) is 5.10 Å². The Bertz CT molecular complexity index is 1630. The highest BCUT2D eigenvalue weighted by molar-refractivity contribution is 7.91. The zero-order valence-electron chi connectivity index (χ0n) is 21.8. The molecule has 1 saturated heterocycles. The van der Waals surface area contributed by atoms with E-state index in [1.54, 1.807) is 36.1 Å². The summed E-state index contributed by atoms with van der Waals surface area (Å²) < 4.78 is 36.9. The molecule has 10 heteroatoms. The molecule has 1 aliphatic heterocycles. The lowest BCUT2D eigenvalue weighted by Gasteiger charge is -2.14. The van der Waals surface area contributed by atoms with E-state index in [1.807, 2.05) is 31.2 Å². The fourth-order valence-electron chi connectivity index (χ4n) is 4.87. The third-order valence-electron chi connectivity index (χ3n) is 6.95. The third kappa shape index (κ3) is 4.83. The van der Waals surface area contributed by atoms with Crippen molar-refractivity contribution in [2.24, 2.45) is 0 Å². The van der Waals surface area contributed by atoms with Gasteiger partial charge in [-0.05, 0) is 43.5 Å². The molecule has 9 nitrogen and oxygen atoms in total. The number of carbonyl (C=O) groups is 1. The number of aryl methyl sites for hydroxylation is 2. The quantitative estimate of drug-likeness (QED) is 0.369. The van der Waals surface area contributed by atoms with Crippen molar-refractivity contribution >= 4 is 32.5 Å². The first kappa shape index (κ1) is 25.7. The number of hydrogen-bond donors (Lipinski definition) is 1. The molecule has 1 amide bonds. The first-order chi connectivity index (χ1) is 18.2. The summed E-state index contributed by atoms with van der Waals surface area (Å²) in [6, 6.07) is 14.6. The summed E-state index contributed by atoms with van der Waals surface area (Å²) in [5.41, 5.74) is 4.64. The number of benzene rings is 2. The number of sulfone groups is 1. The molecule has 3 heterocycles. The minimum absolute atomic E-state index is 0.00486. The van der Waals surface area contributed by atoms with E-state index in [-0.39, 0.29) is 23.5 Å². The Kier molecular flexibility index (Phi) is 6.83. The highest BCUT2D eigenvalue weighted by Crippen LogP contribution is 2.34. The maximum Gasteiger partial charge on any atom is 0.256 e. The smallest absolute Gasteiger partial charge is 0.256 e. The molecule has 1 atom stereocenters. The Morgan fingerprint density at radius 1 is 1.11 bits per heavy atom. The van der Waals surface area contributed by atoms with Crippen LogP contribution in [-0.2, 0) is 16.3 Å². The van der Waals surface area contributed by atoms with E-state index in [4.69, 9.17) is 14.5 Å². The van der Waals surface area contributed by atoms with Crippen LogP contribution in [0.3, 0.4) is 0 Å². The number of hydrogen-bond acceptors (Lipinski definition) is 7. The second kappa shape index (κ2) is 10.1. The lowest BCUT2D eigenvalue weighted by molar-refractivity contribution is 0.102. The zero-order chi connectivity index (χ0) is 27.0. The first-order valence-corrected chi connectivity index (χ1v) is 14.3. The van der Waals surface area contributed by atoms with E-state index in [0.29, 0.717) is 51.6 Å². The van der Waals surface area contributed by atoms with Crippen LogP contribution in [-0.4, -0.2) is 54.8 Å². The number of pyridine rings is 1. The molecule has 1 N–H and O–H groups in total. The molecule has 2 aromatic heterocycles. The van der Waals surface area contributed by atoms with Gasteiger partial charge in [0, 0.05) is 11.6 Å². The zero-order valence-corrected chi connectivity index (χ0v) is 22.6. The van der Waals surface area contributed by atoms with Crippen molar-refractivity contribution in [3.05, 3.63) is 65.4 Å². The summed E-state index contributed by atoms with van der Waals surface area (Å²) in [6.45, 7) is 3.90. The SMILES string of the molecule is CCc1ccc(-c2cc(C(=O)Nc3ccc(OC)cc3OC)c3c(C)nn(C4CCS(=O)(=O)C4)c3n2)cc1. The Balaban J connectivity index is 1.65. The highest BCUT2D eigenvalue weighted by Gasteiger charge is 2.32. The normalized spacial score (nSPS) is 16.5. The number of carbonyl (C=O) groups excluding carboxylic acids is 1. The summed E-state index contributed by atoms with van der Waals surface area (Å²) in [7, 11) is -0.0600. The number of amides is 1. The summed E-state index contributed by atoms with van der Waals surface area (Å²) in [5.74, 6) is 0.828. The van der Waals surface area contributed by atoms with Crippen LogP contribution in [0.5, 0.6) is 11.5 Å². The molecular weight excluding hydrogens is 504 g/mol. The minimum atomic E-state index is -3.15. The molecule has 198 valence electrons. The van der Waals surface area contributed by atoms with E-state index in [9.17, 15) is 13.2 Å². The second-order valence-corrected chi connectivity index (χ2v) is 11.6. The first-order valence-electron chi connectivity index (χ1n) is 12.5. The largest absolute Gasteiger partial charge is 0.497 e. The fourth-order valence-corrected chi connectivity index (χ4v) is 6.56. The van der Waals surface area contributed by atoms with Gasteiger partial charge in [0.25, 0.3) is 5.91 Å². The van der Waals surface area contributed by atoms with Crippen LogP contribution in [0.4, 0.5) is 5.69 Å². The van der Waals surface area contributed by atoms with Crippen molar-refractivity contribution in [1.29, 1.82) is 0 Å². The molecule has 5 rings (SSSR count). The summed E-state index contributed by atoms with van der Waals surface area (Å²) in [4.78, 5) is 18.7. The van der Waals surface area contributed by atoms with Crippen LogP contribution >= 0.6 is 0 Å². The Hall–Kier alpha value is -3.92. The summed E-state index contributed by atoms with van der Waals surface area (Å²) in [6.07, 6.45) is 1.37. The van der Waals surface area contributed by atoms with Gasteiger partial charge in [0.2, 0.25) is 0 Å². The predicted molar refractivity (Wildman–Crippen MR) is 147 cm³/mol. The average molecular weight is 535 g/mol. The van der Waals surface area contributed by atoms with Crippen molar-refractivity contribution < 1.29 is 22.7 Å². The van der Waals surface area contributed by atoms with E-state index in [2.05, 4.69) is 17.3 Å². The number of rotatable bonds is 7. The van der Waals surface area contributed by atoms with Crippen molar-refractivity contribution in [1.82, 2.24) is 14.8 Å². The van der Waals surface area contributed by atoms with E-state index in [1.165, 1.54) is 12.7 Å². The number of methoxy groups -OCH3 is 2. The molecule has 1 aliphatic rings. The van der Waals surface area contributed by atoms with Gasteiger partial charge in [-0.3, -0.25) is 4.79 Å². The Labute approximate surface area is 221 Å². The maximum atomic E-state index is 13.8. The van der Waals surface area contributed by atoms with Gasteiger partial charge >= 0.3 is 0 Å². The number of aromatic nitrogens is 3. The van der Waals surface area contributed by atoms with Crippen LogP contribution < -0.4 is 14.8 Å². The predicted octanol–water partition coefficient (Wildman–Crippen LogP) is 4.60. The van der Waals surface area contributed by atoms with Crippen LogP contribution in [0.25, 0.3) is 22.3 Å². The minimum Gasteiger partial charge on any atom is -0.497 e. The van der Waals surface area contributed by atoms with Crippen molar-refractivity contribution in [3.63, 3.8) is 0 Å². The third-order valence-corrected chi connectivity index (χ3v) is 8.70. The van der Waals surface area contributed by atoms with E-state index in [0.717, 1.165) is 12.0 Å². The van der Waals surface area contributed by atoms with Crippen LogP contribution in [0.2, 0.25) is 0 Å². The molecule has 1 fully saturated rings. The number of nitrogens with one attached hydrogen (secondary N) is 1. The number of nitrogens with zero attached hydrogens (tertiary/aromatic N) is 3. The molecule has 0 aliphatic carbocycles. The average Bonchev–Trinajstić information content (AvgIpc) is 3.46. The number of ether oxygens (including phenoxy) is 2. The van der Waals surface area contributed by atoms with Crippen LogP contribution in [0.15, 0.2) is 48.5 Å². The summed E-state index contributed by atoms with van der Waals surface area (Å²) >= 11 is 0. The molecule has 38 heavy (non-hydrogen) atoms. The van der Waals surface area contributed by atoms with Crippen molar-refractivity contribution in [2.75, 3.05) is 31.0 Å². The van der Waals surface area contributed by atoms with E-state index >= 15 is 0 Å². The van der Waals surface area contributed by atoms with Gasteiger partial charge in [0.1, 0.15) is 11.5 Å². The molecule has 1 unspecified atom stereocenters. The van der Waals surface area contributed by atoms with E-state index < -0.39 is 9.84 Å². The lowest BCUT2D eigenvalue weighted by Crippen LogP contribution is -2.15. The molecule has 0 spiro atoms. The van der Waals surface area contributed by atoms with Crippen LogP contribution in [0.1, 0.15) is 41.0 Å². The van der Waals surface area contributed by atoms with Gasteiger partial charge in [0.15, 0.2) is 15.5 Å². The molecule has 4 aromatic rings. The molecule has 0 radical (unpaired) electrons. The molecule has 2 aromatic carbocycles. The maximum absolute atomic E-state index is 13.8.